The lowest BCUT2D eigenvalue weighted by molar-refractivity contribution is 0.0690. The van der Waals surface area contributed by atoms with E-state index in [9.17, 15) is 9.18 Å². The van der Waals surface area contributed by atoms with Gasteiger partial charge in [0.25, 0.3) is 0 Å². The van der Waals surface area contributed by atoms with Crippen LogP contribution in [0.1, 0.15) is 16.2 Å². The number of carboxylic acid groups (broad SMARTS) is 1. The Balaban J connectivity index is 2.60. The van der Waals surface area contributed by atoms with E-state index in [4.69, 9.17) is 5.11 Å². The first-order valence-electron chi connectivity index (χ1n) is 4.75. The van der Waals surface area contributed by atoms with Gasteiger partial charge < -0.3 is 5.11 Å². The van der Waals surface area contributed by atoms with Gasteiger partial charge in [0.15, 0.2) is 11.5 Å². The third-order valence-electron chi connectivity index (χ3n) is 2.27. The van der Waals surface area contributed by atoms with E-state index in [-0.39, 0.29) is 11.4 Å². The molecule has 1 aromatic carbocycles. The third kappa shape index (κ3) is 2.08. The molecule has 2 rings (SSSR count). The second-order valence-electron chi connectivity index (χ2n) is 3.46. The maximum atomic E-state index is 13.8. The maximum Gasteiger partial charge on any atom is 0.356 e. The second kappa shape index (κ2) is 4.29. The number of hydrogen-bond acceptors (Lipinski definition) is 2. The Kier molecular flexibility index (Phi) is 2.97. The van der Waals surface area contributed by atoms with Crippen molar-refractivity contribution in [3.05, 3.63) is 45.9 Å². The minimum absolute atomic E-state index is 0.109. The molecular weight excluding hydrogens is 291 g/mol. The monoisotopic (exact) mass is 298 g/mol. The molecule has 17 heavy (non-hydrogen) atoms. The first-order valence-corrected chi connectivity index (χ1v) is 5.54. The van der Waals surface area contributed by atoms with Gasteiger partial charge in [-0.1, -0.05) is 6.07 Å². The fraction of sp³-hybridized carbons (Fsp3) is 0.0909. The summed E-state index contributed by atoms with van der Waals surface area (Å²) in [6.45, 7) is 1.67. The normalized spacial score (nSPS) is 10.5. The molecule has 2 aromatic rings. The minimum atomic E-state index is -1.14. The second-order valence-corrected chi connectivity index (χ2v) is 4.32. The van der Waals surface area contributed by atoms with Gasteiger partial charge in [0.1, 0.15) is 5.69 Å². The van der Waals surface area contributed by atoms with Gasteiger partial charge in [-0.05, 0) is 41.1 Å². The van der Waals surface area contributed by atoms with Crippen molar-refractivity contribution < 1.29 is 14.3 Å². The summed E-state index contributed by atoms with van der Waals surface area (Å²) in [6.07, 6.45) is 0. The Labute approximate surface area is 105 Å². The van der Waals surface area contributed by atoms with Crippen LogP contribution in [0.4, 0.5) is 4.39 Å². The van der Waals surface area contributed by atoms with Crippen molar-refractivity contribution in [3.8, 4) is 5.69 Å². The van der Waals surface area contributed by atoms with E-state index >= 15 is 0 Å². The maximum absolute atomic E-state index is 13.8. The van der Waals surface area contributed by atoms with Gasteiger partial charge in [0.2, 0.25) is 0 Å². The van der Waals surface area contributed by atoms with Crippen LogP contribution in [-0.4, -0.2) is 20.9 Å². The largest absolute Gasteiger partial charge is 0.476 e. The van der Waals surface area contributed by atoms with Gasteiger partial charge in [0.05, 0.1) is 4.47 Å². The van der Waals surface area contributed by atoms with Crippen molar-refractivity contribution >= 4 is 21.9 Å². The number of carboxylic acids is 1. The highest BCUT2D eigenvalue weighted by Gasteiger charge is 2.15. The molecule has 0 spiro atoms. The number of nitrogens with zero attached hydrogens (tertiary/aromatic N) is 2. The number of rotatable bonds is 2. The molecule has 0 aliphatic rings. The molecule has 0 fully saturated rings. The summed E-state index contributed by atoms with van der Waals surface area (Å²) in [5.74, 6) is -1.61. The van der Waals surface area contributed by atoms with Gasteiger partial charge in [-0.25, -0.2) is 13.9 Å². The Hall–Kier alpha value is -1.69. The van der Waals surface area contributed by atoms with E-state index in [0.717, 1.165) is 0 Å². The third-order valence-corrected chi connectivity index (χ3v) is 2.88. The molecule has 0 bridgehead atoms. The Morgan fingerprint density at radius 2 is 2.24 bits per heavy atom. The summed E-state index contributed by atoms with van der Waals surface area (Å²) >= 11 is 3.07. The average molecular weight is 299 g/mol. The molecule has 1 aromatic heterocycles. The van der Waals surface area contributed by atoms with E-state index in [2.05, 4.69) is 21.0 Å². The highest BCUT2D eigenvalue weighted by atomic mass is 79.9. The van der Waals surface area contributed by atoms with E-state index in [1.165, 1.54) is 16.8 Å². The lowest BCUT2D eigenvalue weighted by Gasteiger charge is -2.06. The number of hydrogen-bond donors (Lipinski definition) is 1. The number of carbonyl (C=O) groups is 1. The highest BCUT2D eigenvalue weighted by molar-refractivity contribution is 9.10. The molecule has 0 unspecified atom stereocenters. The molecule has 0 aliphatic heterocycles. The van der Waals surface area contributed by atoms with Gasteiger partial charge in [-0.15, -0.1) is 0 Å². The summed E-state index contributed by atoms with van der Waals surface area (Å²) in [7, 11) is 0. The molecule has 0 atom stereocenters. The molecule has 0 saturated carbocycles. The van der Waals surface area contributed by atoms with Crippen molar-refractivity contribution in [1.82, 2.24) is 9.78 Å². The molecule has 0 saturated heterocycles. The summed E-state index contributed by atoms with van der Waals surface area (Å²) < 4.78 is 15.4. The molecule has 0 amide bonds. The summed E-state index contributed by atoms with van der Waals surface area (Å²) in [6, 6.07) is 6.15. The Bertz CT molecular complexity index is 595. The molecule has 1 heterocycles. The lowest BCUT2D eigenvalue weighted by Crippen LogP contribution is -2.04. The number of aromatic nitrogens is 2. The zero-order valence-corrected chi connectivity index (χ0v) is 10.4. The van der Waals surface area contributed by atoms with Crippen LogP contribution in [0, 0.1) is 12.7 Å². The Morgan fingerprint density at radius 3 is 2.82 bits per heavy atom. The number of halogens is 2. The highest BCUT2D eigenvalue weighted by Crippen LogP contribution is 2.22. The zero-order chi connectivity index (χ0) is 12.6. The number of benzene rings is 1. The van der Waals surface area contributed by atoms with Crippen molar-refractivity contribution in [1.29, 1.82) is 0 Å². The Morgan fingerprint density at radius 1 is 1.53 bits per heavy atom. The smallest absolute Gasteiger partial charge is 0.356 e. The lowest BCUT2D eigenvalue weighted by atomic mass is 10.3. The van der Waals surface area contributed by atoms with Crippen LogP contribution in [0.5, 0.6) is 0 Å². The van der Waals surface area contributed by atoms with E-state index < -0.39 is 11.8 Å². The molecule has 88 valence electrons. The molecule has 6 heteroatoms. The van der Waals surface area contributed by atoms with Gasteiger partial charge >= 0.3 is 5.97 Å². The molecule has 0 aliphatic carbocycles. The zero-order valence-electron chi connectivity index (χ0n) is 8.82. The van der Waals surface area contributed by atoms with E-state index in [0.29, 0.717) is 10.2 Å². The van der Waals surface area contributed by atoms with Crippen LogP contribution in [0.2, 0.25) is 0 Å². The van der Waals surface area contributed by atoms with Crippen molar-refractivity contribution in [2.24, 2.45) is 0 Å². The van der Waals surface area contributed by atoms with Crippen LogP contribution in [0.3, 0.4) is 0 Å². The topological polar surface area (TPSA) is 55.1 Å². The van der Waals surface area contributed by atoms with Crippen molar-refractivity contribution in [2.45, 2.75) is 6.92 Å². The summed E-state index contributed by atoms with van der Waals surface area (Å²) in [5.41, 5.74) is 0.658. The summed E-state index contributed by atoms with van der Waals surface area (Å²) in [5, 5.41) is 12.7. The predicted molar refractivity (Wildman–Crippen MR) is 62.9 cm³/mol. The van der Waals surface area contributed by atoms with Crippen LogP contribution >= 0.6 is 15.9 Å². The molecule has 1 N–H and O–H groups in total. The van der Waals surface area contributed by atoms with E-state index in [1.807, 2.05) is 0 Å². The molecule has 4 nitrogen and oxygen atoms in total. The van der Waals surface area contributed by atoms with Crippen LogP contribution < -0.4 is 0 Å². The minimum Gasteiger partial charge on any atom is -0.476 e. The van der Waals surface area contributed by atoms with Crippen LogP contribution in [-0.2, 0) is 0 Å². The van der Waals surface area contributed by atoms with Gasteiger partial charge in [0, 0.05) is 5.69 Å². The molecular formula is C11H8BrFN2O2. The van der Waals surface area contributed by atoms with Crippen LogP contribution in [0.25, 0.3) is 5.69 Å². The van der Waals surface area contributed by atoms with Gasteiger partial charge in [-0.3, -0.25) is 0 Å². The SMILES string of the molecule is Cc1cc(C(=O)O)nn1-c1cccc(Br)c1F. The fourth-order valence-electron chi connectivity index (χ4n) is 1.48. The fourth-order valence-corrected chi connectivity index (χ4v) is 1.83. The quantitative estimate of drug-likeness (QED) is 0.927. The van der Waals surface area contributed by atoms with Crippen molar-refractivity contribution in [3.63, 3.8) is 0 Å². The first-order chi connectivity index (χ1) is 8.00. The number of aromatic carboxylic acids is 1. The van der Waals surface area contributed by atoms with Crippen molar-refractivity contribution in [2.75, 3.05) is 0 Å². The van der Waals surface area contributed by atoms with Gasteiger partial charge in [-0.2, -0.15) is 5.10 Å². The average Bonchev–Trinajstić information content (AvgIpc) is 2.65. The number of aryl methyl sites for hydroxylation is 1. The molecule has 0 radical (unpaired) electrons. The first kappa shape index (κ1) is 11.8. The van der Waals surface area contributed by atoms with E-state index in [1.54, 1.807) is 19.1 Å². The van der Waals surface area contributed by atoms with Crippen LogP contribution in [0.15, 0.2) is 28.7 Å². The predicted octanol–water partition coefficient (Wildman–Crippen LogP) is 2.78. The standard InChI is InChI=1S/C11H8BrFN2O2/c1-6-5-8(11(16)17)14-15(6)9-4-2-3-7(12)10(9)13/h2-5H,1H3,(H,16,17). The summed E-state index contributed by atoms with van der Waals surface area (Å²) in [4.78, 5) is 10.8.